The first-order chi connectivity index (χ1) is 9.52. The summed E-state index contributed by atoms with van der Waals surface area (Å²) in [6, 6.07) is 3.10. The van der Waals surface area contributed by atoms with Crippen molar-refractivity contribution >= 4 is 27.7 Å². The van der Waals surface area contributed by atoms with Gasteiger partial charge in [-0.05, 0) is 37.8 Å². The van der Waals surface area contributed by atoms with Crippen LogP contribution in [0.15, 0.2) is 16.6 Å². The predicted octanol–water partition coefficient (Wildman–Crippen LogP) is 3.05. The zero-order chi connectivity index (χ0) is 14.7. The highest BCUT2D eigenvalue weighted by atomic mass is 79.9. The monoisotopic (exact) mass is 342 g/mol. The Morgan fingerprint density at radius 2 is 1.95 bits per heavy atom. The van der Waals surface area contributed by atoms with Gasteiger partial charge in [-0.1, -0.05) is 15.9 Å². The number of rotatable bonds is 5. The molecular weight excluding hydrogens is 328 g/mol. The molecule has 20 heavy (non-hydrogen) atoms. The molecule has 0 amide bonds. The van der Waals surface area contributed by atoms with E-state index in [4.69, 9.17) is 14.6 Å². The molecule has 0 saturated heterocycles. The zero-order valence-electron chi connectivity index (χ0n) is 11.0. The number of benzene rings is 1. The lowest BCUT2D eigenvalue weighted by Gasteiger charge is -2.18. The molecule has 0 bridgehead atoms. The van der Waals surface area contributed by atoms with E-state index in [0.717, 1.165) is 25.7 Å². The molecule has 1 N–H and O–H groups in total. The minimum Gasteiger partial charge on any atom is -0.493 e. The van der Waals surface area contributed by atoms with Crippen LogP contribution in [-0.4, -0.2) is 30.1 Å². The molecule has 6 heteroatoms. The maximum absolute atomic E-state index is 11.8. The number of ether oxygens (including phenoxy) is 2. The second-order valence-electron chi connectivity index (χ2n) is 4.64. The van der Waals surface area contributed by atoms with Crippen molar-refractivity contribution in [2.24, 2.45) is 0 Å². The number of hydrogen-bond donors (Lipinski definition) is 1. The summed E-state index contributed by atoms with van der Waals surface area (Å²) in [4.78, 5) is 22.7. The van der Waals surface area contributed by atoms with Gasteiger partial charge in [-0.25, -0.2) is 4.79 Å². The van der Waals surface area contributed by atoms with E-state index in [1.807, 2.05) is 0 Å². The van der Waals surface area contributed by atoms with Gasteiger partial charge < -0.3 is 14.6 Å². The summed E-state index contributed by atoms with van der Waals surface area (Å²) in [6.45, 7) is 0. The largest absolute Gasteiger partial charge is 0.493 e. The van der Waals surface area contributed by atoms with Gasteiger partial charge in [0.25, 0.3) is 5.78 Å². The SMILES string of the molecule is COc1cc(Br)cc(C(=O)C(=O)O)c1OC1CCCC1. The van der Waals surface area contributed by atoms with E-state index in [1.165, 1.54) is 13.2 Å². The van der Waals surface area contributed by atoms with Crippen LogP contribution in [0.3, 0.4) is 0 Å². The normalized spacial score (nSPS) is 15.1. The van der Waals surface area contributed by atoms with Crippen LogP contribution in [0.5, 0.6) is 11.5 Å². The van der Waals surface area contributed by atoms with Gasteiger partial charge in [0.2, 0.25) is 0 Å². The van der Waals surface area contributed by atoms with Crippen LogP contribution in [0.25, 0.3) is 0 Å². The van der Waals surface area contributed by atoms with Crippen molar-refractivity contribution in [3.05, 3.63) is 22.2 Å². The smallest absolute Gasteiger partial charge is 0.377 e. The topological polar surface area (TPSA) is 72.8 Å². The third kappa shape index (κ3) is 3.12. The average molecular weight is 343 g/mol. The van der Waals surface area contributed by atoms with Crippen molar-refractivity contribution in [3.63, 3.8) is 0 Å². The van der Waals surface area contributed by atoms with Gasteiger partial charge in [-0.2, -0.15) is 0 Å². The summed E-state index contributed by atoms with van der Waals surface area (Å²) in [5.74, 6) is -1.94. The second kappa shape index (κ2) is 6.26. The highest BCUT2D eigenvalue weighted by molar-refractivity contribution is 9.10. The van der Waals surface area contributed by atoms with Crippen molar-refractivity contribution in [1.82, 2.24) is 0 Å². The fraction of sp³-hybridized carbons (Fsp3) is 0.429. The fourth-order valence-corrected chi connectivity index (χ4v) is 2.74. The van der Waals surface area contributed by atoms with Crippen molar-refractivity contribution in [3.8, 4) is 11.5 Å². The minimum atomic E-state index is -1.51. The Balaban J connectivity index is 2.43. The van der Waals surface area contributed by atoms with Gasteiger partial charge in [0.1, 0.15) is 0 Å². The summed E-state index contributed by atoms with van der Waals surface area (Å²) < 4.78 is 11.6. The van der Waals surface area contributed by atoms with Gasteiger partial charge in [0.05, 0.1) is 18.8 Å². The van der Waals surface area contributed by atoms with Crippen molar-refractivity contribution < 1.29 is 24.2 Å². The standard InChI is InChI=1S/C14H15BrO5/c1-19-11-7-8(15)6-10(12(16)14(17)18)13(11)20-9-4-2-3-5-9/h6-7,9H,2-5H2,1H3,(H,17,18). The van der Waals surface area contributed by atoms with Gasteiger partial charge in [-0.3, -0.25) is 4.79 Å². The molecule has 1 aromatic carbocycles. The number of carbonyl (C=O) groups excluding carboxylic acids is 1. The van der Waals surface area contributed by atoms with Crippen molar-refractivity contribution in [2.75, 3.05) is 7.11 Å². The third-order valence-electron chi connectivity index (χ3n) is 3.27. The molecular formula is C14H15BrO5. The summed E-state index contributed by atoms with van der Waals surface area (Å²) in [5, 5.41) is 8.91. The number of Topliss-reactive ketones (excluding diaryl/α,β-unsaturated/α-hetero) is 1. The van der Waals surface area contributed by atoms with Crippen LogP contribution >= 0.6 is 15.9 Å². The highest BCUT2D eigenvalue weighted by Gasteiger charge is 2.26. The van der Waals surface area contributed by atoms with Crippen LogP contribution in [0.1, 0.15) is 36.0 Å². The molecule has 0 aliphatic heterocycles. The number of methoxy groups -OCH3 is 1. The van der Waals surface area contributed by atoms with Gasteiger partial charge in [-0.15, -0.1) is 0 Å². The Labute approximate surface area is 125 Å². The lowest BCUT2D eigenvalue weighted by molar-refractivity contribution is -0.131. The maximum Gasteiger partial charge on any atom is 0.377 e. The lowest BCUT2D eigenvalue weighted by atomic mass is 10.1. The van der Waals surface area contributed by atoms with Crippen molar-refractivity contribution in [2.45, 2.75) is 31.8 Å². The Morgan fingerprint density at radius 3 is 2.50 bits per heavy atom. The maximum atomic E-state index is 11.8. The molecule has 1 aliphatic carbocycles. The molecule has 1 fully saturated rings. The van der Waals surface area contributed by atoms with Crippen molar-refractivity contribution in [1.29, 1.82) is 0 Å². The number of ketones is 1. The van der Waals surface area contributed by atoms with Crippen LogP contribution in [-0.2, 0) is 4.79 Å². The van der Waals surface area contributed by atoms with Crippen LogP contribution in [0, 0.1) is 0 Å². The van der Waals surface area contributed by atoms with E-state index in [1.54, 1.807) is 6.07 Å². The van der Waals surface area contributed by atoms with E-state index in [2.05, 4.69) is 15.9 Å². The first-order valence-electron chi connectivity index (χ1n) is 6.34. The number of aliphatic carboxylic acids is 1. The third-order valence-corrected chi connectivity index (χ3v) is 3.72. The van der Waals surface area contributed by atoms with E-state index < -0.39 is 11.8 Å². The van der Waals surface area contributed by atoms with Gasteiger partial charge >= 0.3 is 5.97 Å². The fourth-order valence-electron chi connectivity index (χ4n) is 2.30. The van der Waals surface area contributed by atoms with Gasteiger partial charge in [0, 0.05) is 4.47 Å². The zero-order valence-corrected chi connectivity index (χ0v) is 12.6. The van der Waals surface area contributed by atoms with Crippen LogP contribution < -0.4 is 9.47 Å². The molecule has 5 nitrogen and oxygen atoms in total. The number of halogens is 1. The molecule has 0 spiro atoms. The van der Waals surface area contributed by atoms with Crippen LogP contribution in [0.2, 0.25) is 0 Å². The van der Waals surface area contributed by atoms with E-state index in [0.29, 0.717) is 10.2 Å². The molecule has 1 aromatic rings. The summed E-state index contributed by atoms with van der Waals surface area (Å²) in [7, 11) is 1.46. The number of hydrogen-bond acceptors (Lipinski definition) is 4. The predicted molar refractivity (Wildman–Crippen MR) is 75.5 cm³/mol. The van der Waals surface area contributed by atoms with Gasteiger partial charge in [0.15, 0.2) is 11.5 Å². The van der Waals surface area contributed by atoms with E-state index in [-0.39, 0.29) is 17.4 Å². The Morgan fingerprint density at radius 1 is 1.30 bits per heavy atom. The molecule has 1 saturated carbocycles. The minimum absolute atomic E-state index is 0.00502. The number of carboxylic acid groups (broad SMARTS) is 1. The molecule has 0 heterocycles. The summed E-state index contributed by atoms with van der Waals surface area (Å²) in [6.07, 6.45) is 3.96. The molecule has 108 valence electrons. The Hall–Kier alpha value is -1.56. The Kier molecular flexibility index (Phi) is 4.65. The molecule has 0 unspecified atom stereocenters. The number of carbonyl (C=O) groups is 2. The molecule has 1 aliphatic rings. The first-order valence-corrected chi connectivity index (χ1v) is 7.14. The summed E-state index contributed by atoms with van der Waals surface area (Å²) >= 11 is 3.24. The van der Waals surface area contributed by atoms with E-state index >= 15 is 0 Å². The Bertz CT molecular complexity index is 535. The first kappa shape index (κ1) is 14.8. The quantitative estimate of drug-likeness (QED) is 0.657. The summed E-state index contributed by atoms with van der Waals surface area (Å²) in [5.41, 5.74) is 0.00984. The molecule has 2 rings (SSSR count). The second-order valence-corrected chi connectivity index (χ2v) is 5.56. The molecule has 0 radical (unpaired) electrons. The highest BCUT2D eigenvalue weighted by Crippen LogP contribution is 2.37. The lowest BCUT2D eigenvalue weighted by Crippen LogP contribution is -2.18. The molecule has 0 atom stereocenters. The van der Waals surface area contributed by atoms with Crippen LogP contribution in [0.4, 0.5) is 0 Å². The molecule has 0 aromatic heterocycles. The van der Waals surface area contributed by atoms with E-state index in [9.17, 15) is 9.59 Å². The number of carboxylic acids is 1. The average Bonchev–Trinajstić information content (AvgIpc) is 2.92.